The van der Waals surface area contributed by atoms with Crippen molar-refractivity contribution in [1.82, 2.24) is 0 Å². The van der Waals surface area contributed by atoms with Crippen molar-refractivity contribution in [2.75, 3.05) is 47.5 Å². The molecule has 0 aliphatic rings. The van der Waals surface area contributed by atoms with Crippen LogP contribution in [-0.4, -0.2) is 82.3 Å². The number of carbonyl (C=O) groups excluding carboxylic acids is 3. The summed E-state index contributed by atoms with van der Waals surface area (Å²) in [5.74, 6) is -2.32. The highest BCUT2D eigenvalue weighted by atomic mass is 16.7. The summed E-state index contributed by atoms with van der Waals surface area (Å²) in [6.07, 6.45) is 72.4. The first-order valence-corrected chi connectivity index (χ1v) is 28.7. The quantitative estimate of drug-likeness (QED) is 0.0195. The van der Waals surface area contributed by atoms with Gasteiger partial charge < -0.3 is 33.3 Å². The van der Waals surface area contributed by atoms with Crippen LogP contribution in [0.25, 0.3) is 0 Å². The molecule has 73 heavy (non-hydrogen) atoms. The molecule has 2 unspecified atom stereocenters. The molecule has 0 radical (unpaired) electrons. The summed E-state index contributed by atoms with van der Waals surface area (Å²) in [5.41, 5.74) is 0. The van der Waals surface area contributed by atoms with Crippen LogP contribution in [-0.2, 0) is 33.3 Å². The Morgan fingerprint density at radius 3 is 1.10 bits per heavy atom. The Labute approximate surface area is 447 Å². The molecule has 0 aromatic rings. The molecule has 0 heterocycles. The third kappa shape index (κ3) is 55.3. The van der Waals surface area contributed by atoms with E-state index >= 15 is 0 Å². The van der Waals surface area contributed by atoms with Crippen LogP contribution in [0.2, 0.25) is 0 Å². The van der Waals surface area contributed by atoms with E-state index in [1.165, 1.54) is 38.5 Å². The van der Waals surface area contributed by atoms with E-state index in [4.69, 9.17) is 18.9 Å². The number of likely N-dealkylation sites (N-methyl/N-ethyl adjacent to an activating group) is 1. The number of carboxylic acids is 1. The SMILES string of the molecule is CC/C=C\C/C=C\C/C=C\C/C=C\C/C=C\C/C=C\CCCCCCCCCCCCC(=O)OC(COC(=O)CCCCCCCC/C=C\C/C=C\C/C=C\C/C=C\CC)COC(OCC[N+](C)(C)C)C(=O)[O-]. The van der Waals surface area contributed by atoms with Crippen molar-refractivity contribution < 1.29 is 42.9 Å². The lowest BCUT2D eigenvalue weighted by molar-refractivity contribution is -0.870. The fraction of sp³-hybridized carbons (Fsp3) is 0.641. The number of nitrogens with zero attached hydrogens (tertiary/aromatic N) is 1. The first kappa shape index (κ1) is 68.7. The molecule has 9 nitrogen and oxygen atoms in total. The van der Waals surface area contributed by atoms with Crippen molar-refractivity contribution in [1.29, 1.82) is 0 Å². The smallest absolute Gasteiger partial charge is 0.306 e. The molecule has 0 amide bonds. The van der Waals surface area contributed by atoms with Gasteiger partial charge in [0.25, 0.3) is 0 Å². The molecule has 0 spiro atoms. The molecule has 0 aliphatic heterocycles. The molecular formula is C64H105NO8. The first-order chi connectivity index (χ1) is 35.6. The Morgan fingerprint density at radius 1 is 0.411 bits per heavy atom. The lowest BCUT2D eigenvalue weighted by atomic mass is 10.0. The zero-order chi connectivity index (χ0) is 53.4. The lowest BCUT2D eigenvalue weighted by Crippen LogP contribution is -2.44. The molecular weight excluding hydrogens is 911 g/mol. The van der Waals surface area contributed by atoms with E-state index in [0.717, 1.165) is 135 Å². The van der Waals surface area contributed by atoms with Crippen molar-refractivity contribution in [2.45, 2.75) is 219 Å². The number of quaternary nitrogens is 1. The minimum absolute atomic E-state index is 0.138. The number of esters is 2. The van der Waals surface area contributed by atoms with Gasteiger partial charge in [0.2, 0.25) is 0 Å². The zero-order valence-electron chi connectivity index (χ0n) is 47.0. The van der Waals surface area contributed by atoms with E-state index in [1.54, 1.807) is 0 Å². The topological polar surface area (TPSA) is 111 Å². The van der Waals surface area contributed by atoms with E-state index < -0.39 is 24.3 Å². The van der Waals surface area contributed by atoms with Gasteiger partial charge in [-0.1, -0.05) is 212 Å². The van der Waals surface area contributed by atoms with Gasteiger partial charge in [0.15, 0.2) is 12.4 Å². The Hall–Kier alpha value is -4.31. The summed E-state index contributed by atoms with van der Waals surface area (Å²) in [6, 6.07) is 0. The predicted octanol–water partition coefficient (Wildman–Crippen LogP) is 15.6. The average Bonchev–Trinajstić information content (AvgIpc) is 3.36. The van der Waals surface area contributed by atoms with Gasteiger partial charge in [-0.15, -0.1) is 0 Å². The van der Waals surface area contributed by atoms with Gasteiger partial charge in [-0.05, 0) is 103 Å². The minimum atomic E-state index is -1.63. The van der Waals surface area contributed by atoms with E-state index in [9.17, 15) is 19.5 Å². The number of allylic oxidation sites excluding steroid dienone is 20. The second kappa shape index (κ2) is 54.0. The first-order valence-electron chi connectivity index (χ1n) is 28.7. The monoisotopic (exact) mass is 1020 g/mol. The Balaban J connectivity index is 4.30. The summed E-state index contributed by atoms with van der Waals surface area (Å²) in [5, 5.41) is 11.8. The number of ether oxygens (including phenoxy) is 4. The highest BCUT2D eigenvalue weighted by molar-refractivity contribution is 5.70. The molecule has 0 saturated heterocycles. The number of hydrogen-bond donors (Lipinski definition) is 0. The van der Waals surface area contributed by atoms with Crippen LogP contribution in [0, 0.1) is 0 Å². The molecule has 0 N–H and O–H groups in total. The maximum Gasteiger partial charge on any atom is 0.306 e. The van der Waals surface area contributed by atoms with Gasteiger partial charge in [0, 0.05) is 12.8 Å². The van der Waals surface area contributed by atoms with E-state index in [-0.39, 0.29) is 38.6 Å². The van der Waals surface area contributed by atoms with Crippen LogP contribution < -0.4 is 5.11 Å². The number of carbonyl (C=O) groups is 3. The minimum Gasteiger partial charge on any atom is -0.545 e. The normalized spacial score (nSPS) is 13.7. The van der Waals surface area contributed by atoms with E-state index in [1.807, 2.05) is 21.1 Å². The summed E-state index contributed by atoms with van der Waals surface area (Å²) in [4.78, 5) is 37.3. The summed E-state index contributed by atoms with van der Waals surface area (Å²) < 4.78 is 22.7. The van der Waals surface area contributed by atoms with Gasteiger partial charge in [0.1, 0.15) is 13.2 Å². The maximum absolute atomic E-state index is 12.9. The number of hydrogen-bond acceptors (Lipinski definition) is 8. The molecule has 0 aromatic carbocycles. The Kier molecular flexibility index (Phi) is 50.8. The van der Waals surface area contributed by atoms with Gasteiger partial charge >= 0.3 is 11.9 Å². The van der Waals surface area contributed by atoms with Gasteiger partial charge in [-0.25, -0.2) is 0 Å². The van der Waals surface area contributed by atoms with E-state index in [2.05, 4.69) is 135 Å². The molecule has 0 fully saturated rings. The van der Waals surface area contributed by atoms with Crippen molar-refractivity contribution in [2.24, 2.45) is 0 Å². The number of aliphatic carboxylic acids is 1. The van der Waals surface area contributed by atoms with Gasteiger partial charge in [-0.2, -0.15) is 0 Å². The molecule has 9 heteroatoms. The van der Waals surface area contributed by atoms with Gasteiger partial charge in [0.05, 0.1) is 40.3 Å². The third-order valence-corrected chi connectivity index (χ3v) is 11.7. The maximum atomic E-state index is 12.9. The predicted molar refractivity (Wildman–Crippen MR) is 306 cm³/mol. The second-order valence-electron chi connectivity index (χ2n) is 19.8. The van der Waals surface area contributed by atoms with Crippen molar-refractivity contribution in [3.05, 3.63) is 122 Å². The van der Waals surface area contributed by atoms with Crippen molar-refractivity contribution >= 4 is 17.9 Å². The fourth-order valence-electron chi connectivity index (χ4n) is 7.35. The summed E-state index contributed by atoms with van der Waals surface area (Å²) >= 11 is 0. The molecule has 0 saturated carbocycles. The molecule has 0 rings (SSSR count). The summed E-state index contributed by atoms with van der Waals surface area (Å²) in [6.45, 7) is 4.48. The average molecular weight is 1020 g/mol. The second-order valence-corrected chi connectivity index (χ2v) is 19.8. The van der Waals surface area contributed by atoms with Crippen LogP contribution in [0.1, 0.15) is 206 Å². The van der Waals surface area contributed by atoms with Crippen molar-refractivity contribution in [3.63, 3.8) is 0 Å². The van der Waals surface area contributed by atoms with Crippen LogP contribution in [0.15, 0.2) is 122 Å². The molecule has 0 bridgehead atoms. The number of carboxylic acid groups (broad SMARTS) is 1. The van der Waals surface area contributed by atoms with E-state index in [0.29, 0.717) is 17.4 Å². The zero-order valence-corrected chi connectivity index (χ0v) is 47.0. The van der Waals surface area contributed by atoms with Crippen LogP contribution in [0.4, 0.5) is 0 Å². The number of rotatable bonds is 51. The van der Waals surface area contributed by atoms with Gasteiger partial charge in [-0.3, -0.25) is 9.59 Å². The van der Waals surface area contributed by atoms with Crippen LogP contribution in [0.3, 0.4) is 0 Å². The third-order valence-electron chi connectivity index (χ3n) is 11.7. The lowest BCUT2D eigenvalue weighted by Gasteiger charge is -2.26. The largest absolute Gasteiger partial charge is 0.545 e. The molecule has 2 atom stereocenters. The summed E-state index contributed by atoms with van der Waals surface area (Å²) in [7, 11) is 5.90. The highest BCUT2D eigenvalue weighted by Crippen LogP contribution is 2.14. The van der Waals surface area contributed by atoms with Crippen LogP contribution >= 0.6 is 0 Å². The fourth-order valence-corrected chi connectivity index (χ4v) is 7.35. The van der Waals surface area contributed by atoms with Crippen molar-refractivity contribution in [3.8, 4) is 0 Å². The molecule has 0 aromatic heterocycles. The Morgan fingerprint density at radius 2 is 0.740 bits per heavy atom. The van der Waals surface area contributed by atoms with Crippen LogP contribution in [0.5, 0.6) is 0 Å². The number of unbranched alkanes of at least 4 members (excludes halogenated alkanes) is 16. The molecule has 0 aliphatic carbocycles. The molecule has 414 valence electrons. The Bertz CT molecular complexity index is 1610. The standard InChI is InChI=1S/C64H105NO8/c1-6-8-10-12-14-16-18-20-22-24-26-27-28-29-30-31-32-33-34-35-37-39-41-43-45-47-49-51-53-55-62(67)73-60(59-72-64(63(68)69)70-57-56-65(3,4)5)58-71-61(66)54-52-50-48-46-44-42-40-38-36-25-23-21-19-17-15-13-11-9-7-2/h8-11,14-17,20-23,26-27,29-30,32-33,36,38,60,64H,6-7,12-13,18-19,24-25,28,31,34-35,37,39-59H2,1-5H3/b10-8-,11-9-,16-14-,17-15-,22-20-,23-21-,27-26-,30-29-,33-32-,38-36-. The highest BCUT2D eigenvalue weighted by Gasteiger charge is 2.22.